The van der Waals surface area contributed by atoms with Crippen molar-refractivity contribution in [2.45, 2.75) is 6.92 Å². The van der Waals surface area contributed by atoms with E-state index in [4.69, 9.17) is 0 Å². The number of hydrogen-bond donors (Lipinski definition) is 0. The quantitative estimate of drug-likeness (QED) is 0.242. The molecule has 4 amide bonds. The molecular formula is C39H30N2O4. The molecule has 0 radical (unpaired) electrons. The fourth-order valence-electron chi connectivity index (χ4n) is 6.87. The van der Waals surface area contributed by atoms with Gasteiger partial charge in [-0.3, -0.25) is 29.0 Å². The fraction of sp³-hybridized carbons (Fsp3) is 0.128. The maximum absolute atomic E-state index is 12.9. The van der Waals surface area contributed by atoms with Gasteiger partial charge >= 0.3 is 0 Å². The summed E-state index contributed by atoms with van der Waals surface area (Å²) in [6, 6.07) is 17.4. The zero-order valence-corrected chi connectivity index (χ0v) is 25.2. The van der Waals surface area contributed by atoms with E-state index in [0.717, 1.165) is 49.3 Å². The van der Waals surface area contributed by atoms with Crippen molar-refractivity contribution < 1.29 is 19.2 Å². The Morgan fingerprint density at radius 3 is 2.29 bits per heavy atom. The number of allylic oxidation sites excluding steroid dienone is 11. The third-order valence-electron chi connectivity index (χ3n) is 9.29. The van der Waals surface area contributed by atoms with E-state index in [1.807, 2.05) is 73.7 Å². The average molecular weight is 591 g/mol. The topological polar surface area (TPSA) is 74.8 Å². The smallest absolute Gasteiger partial charge is 0.261 e. The van der Waals surface area contributed by atoms with Gasteiger partial charge in [-0.25, -0.2) is 0 Å². The van der Waals surface area contributed by atoms with Gasteiger partial charge in [0.1, 0.15) is 0 Å². The average Bonchev–Trinajstić information content (AvgIpc) is 3.07. The highest BCUT2D eigenvalue weighted by Crippen LogP contribution is 2.45. The Labute approximate surface area is 261 Å². The van der Waals surface area contributed by atoms with Crippen LogP contribution < -0.4 is 0 Å². The number of hydrogen-bond acceptors (Lipinski definition) is 4. The molecule has 3 aromatic carbocycles. The van der Waals surface area contributed by atoms with E-state index in [-0.39, 0.29) is 35.5 Å². The number of amides is 4. The predicted molar refractivity (Wildman–Crippen MR) is 177 cm³/mol. The molecule has 6 nitrogen and oxygen atoms in total. The van der Waals surface area contributed by atoms with Crippen LogP contribution in [0, 0.1) is 11.8 Å². The van der Waals surface area contributed by atoms with Gasteiger partial charge in [-0.1, -0.05) is 97.7 Å². The summed E-state index contributed by atoms with van der Waals surface area (Å²) < 4.78 is 0. The largest absolute Gasteiger partial charge is 0.281 e. The van der Waals surface area contributed by atoms with Crippen LogP contribution in [0.1, 0.15) is 44.3 Å². The summed E-state index contributed by atoms with van der Waals surface area (Å²) in [6.07, 6.45) is 15.7. The molecule has 7 rings (SSSR count). The summed E-state index contributed by atoms with van der Waals surface area (Å²) in [5.74, 6) is -1.66. The van der Waals surface area contributed by atoms with Crippen LogP contribution in [-0.2, 0) is 9.59 Å². The minimum absolute atomic E-state index is 0.172. The lowest BCUT2D eigenvalue weighted by atomic mass is 9.69. The molecule has 0 bridgehead atoms. The van der Waals surface area contributed by atoms with Crippen molar-refractivity contribution in [3.8, 4) is 0 Å². The van der Waals surface area contributed by atoms with E-state index in [1.165, 1.54) is 11.9 Å². The summed E-state index contributed by atoms with van der Waals surface area (Å²) in [7, 11) is 3.05. The van der Waals surface area contributed by atoms with Gasteiger partial charge in [-0.2, -0.15) is 0 Å². The van der Waals surface area contributed by atoms with Crippen molar-refractivity contribution in [2.75, 3.05) is 14.1 Å². The van der Waals surface area contributed by atoms with E-state index >= 15 is 0 Å². The van der Waals surface area contributed by atoms with Crippen molar-refractivity contribution in [1.82, 2.24) is 9.80 Å². The molecule has 1 saturated heterocycles. The Bertz CT molecular complexity index is 2060. The first kappa shape index (κ1) is 28.2. The van der Waals surface area contributed by atoms with Crippen LogP contribution in [0.3, 0.4) is 0 Å². The van der Waals surface area contributed by atoms with Gasteiger partial charge in [0.15, 0.2) is 0 Å². The van der Waals surface area contributed by atoms with Crippen LogP contribution in [0.15, 0.2) is 121 Å². The second kappa shape index (κ2) is 10.5. The fourth-order valence-corrected chi connectivity index (χ4v) is 6.87. The molecule has 3 aromatic rings. The van der Waals surface area contributed by atoms with Crippen LogP contribution >= 0.6 is 0 Å². The molecule has 4 aliphatic rings. The van der Waals surface area contributed by atoms with Gasteiger partial charge < -0.3 is 0 Å². The van der Waals surface area contributed by atoms with Crippen LogP contribution in [-0.4, -0.2) is 47.5 Å². The number of carbonyl (C=O) groups excluding carboxylic acids is 4. The Kier molecular flexibility index (Phi) is 6.59. The molecular weight excluding hydrogens is 560 g/mol. The third kappa shape index (κ3) is 4.25. The molecule has 0 spiro atoms. The highest BCUT2D eigenvalue weighted by molar-refractivity contribution is 6.26. The van der Waals surface area contributed by atoms with Crippen molar-refractivity contribution in [2.24, 2.45) is 11.8 Å². The van der Waals surface area contributed by atoms with Gasteiger partial charge in [-0.05, 0) is 63.4 Å². The number of likely N-dealkylation sites (tertiary alicyclic amines) is 1. The number of rotatable bonds is 5. The van der Waals surface area contributed by atoms with E-state index in [1.54, 1.807) is 19.2 Å². The molecule has 2 unspecified atom stereocenters. The minimum atomic E-state index is -0.375. The standard InChI is InChI=1S/C39H30N2O4/c1-5-23(13-12-22(2)26-18-20-32-34-28(26)8-6-10-30(34)36(42)40(3)38(32)44)24-14-16-25(17-15-24)27-19-21-33-35-29(27)9-7-11-31(35)37(43)41(4)39(33)45/h5-21,33,35H,2H2,1,3-4H3/b13-12-,23-5+. The van der Waals surface area contributed by atoms with Gasteiger partial charge in [0.25, 0.3) is 17.7 Å². The van der Waals surface area contributed by atoms with Crippen LogP contribution in [0.2, 0.25) is 0 Å². The van der Waals surface area contributed by atoms with Gasteiger partial charge in [0.05, 0.1) is 5.92 Å². The molecule has 0 saturated carbocycles. The maximum Gasteiger partial charge on any atom is 0.261 e. The predicted octanol–water partition coefficient (Wildman–Crippen LogP) is 6.79. The number of piperidine rings is 1. The van der Waals surface area contributed by atoms with E-state index in [2.05, 4.69) is 30.8 Å². The normalized spacial score (nSPS) is 20.9. The van der Waals surface area contributed by atoms with Crippen LogP contribution in [0.25, 0.3) is 27.5 Å². The third-order valence-corrected chi connectivity index (χ3v) is 9.29. The number of likely N-dealkylation sites (N-methyl/N-ethyl adjacent to an activating group) is 1. The summed E-state index contributed by atoms with van der Waals surface area (Å²) in [6.45, 7) is 6.30. The summed E-state index contributed by atoms with van der Waals surface area (Å²) in [4.78, 5) is 53.7. The lowest BCUT2D eigenvalue weighted by Crippen LogP contribution is -2.49. The van der Waals surface area contributed by atoms with Crippen molar-refractivity contribution in [3.05, 3.63) is 149 Å². The van der Waals surface area contributed by atoms with E-state index < -0.39 is 0 Å². The second-order valence-corrected chi connectivity index (χ2v) is 11.7. The van der Waals surface area contributed by atoms with Crippen molar-refractivity contribution >= 4 is 51.1 Å². The zero-order chi connectivity index (χ0) is 31.6. The van der Waals surface area contributed by atoms with Gasteiger partial charge in [0, 0.05) is 42.1 Å². The molecule has 0 N–H and O–H groups in total. The van der Waals surface area contributed by atoms with Gasteiger partial charge in [-0.15, -0.1) is 0 Å². The molecule has 2 atom stereocenters. The molecule has 45 heavy (non-hydrogen) atoms. The first-order valence-corrected chi connectivity index (χ1v) is 14.9. The van der Waals surface area contributed by atoms with Gasteiger partial charge in [0.2, 0.25) is 5.91 Å². The van der Waals surface area contributed by atoms with E-state index in [0.29, 0.717) is 22.1 Å². The van der Waals surface area contributed by atoms with Crippen molar-refractivity contribution in [3.63, 3.8) is 0 Å². The SMILES string of the molecule is C=C(/C=C\C(=C/C)c1ccc(C2=C3C=CC=C4C(=O)N(C)C(=O)C(C=C2)C43)cc1)c1ccc2c3c(cccc13)C(=O)N(C)C2=O. The number of carbonyl (C=O) groups is 4. The Hall–Kier alpha value is -5.62. The monoisotopic (exact) mass is 590 g/mol. The molecule has 2 aliphatic carbocycles. The lowest BCUT2D eigenvalue weighted by Gasteiger charge is -2.39. The molecule has 1 fully saturated rings. The molecule has 220 valence electrons. The molecule has 0 aromatic heterocycles. The van der Waals surface area contributed by atoms with E-state index in [9.17, 15) is 19.2 Å². The van der Waals surface area contributed by atoms with Crippen LogP contribution in [0.5, 0.6) is 0 Å². The highest BCUT2D eigenvalue weighted by Gasteiger charge is 2.45. The number of benzene rings is 3. The Morgan fingerprint density at radius 1 is 0.822 bits per heavy atom. The number of imide groups is 2. The first-order chi connectivity index (χ1) is 21.7. The maximum atomic E-state index is 12.9. The molecule has 6 heteroatoms. The summed E-state index contributed by atoms with van der Waals surface area (Å²) >= 11 is 0. The van der Waals surface area contributed by atoms with Crippen molar-refractivity contribution in [1.29, 1.82) is 0 Å². The Balaban J connectivity index is 1.16. The van der Waals surface area contributed by atoms with Crippen LogP contribution in [0.4, 0.5) is 0 Å². The minimum Gasteiger partial charge on any atom is -0.281 e. The zero-order valence-electron chi connectivity index (χ0n) is 25.2. The molecule has 2 aliphatic heterocycles. The molecule has 2 heterocycles. The number of nitrogens with zero attached hydrogens (tertiary/aromatic N) is 2. The summed E-state index contributed by atoms with van der Waals surface area (Å²) in [5.41, 5.74) is 8.33. The summed E-state index contributed by atoms with van der Waals surface area (Å²) in [5, 5.41) is 1.49. The lowest BCUT2D eigenvalue weighted by molar-refractivity contribution is -0.146. The second-order valence-electron chi connectivity index (χ2n) is 11.7. The highest BCUT2D eigenvalue weighted by atomic mass is 16.2. The Morgan fingerprint density at radius 2 is 1.56 bits per heavy atom. The first-order valence-electron chi connectivity index (χ1n) is 14.9.